The summed E-state index contributed by atoms with van der Waals surface area (Å²) in [6, 6.07) is 5.26. The predicted octanol–water partition coefficient (Wildman–Crippen LogP) is -1.73. The van der Waals surface area contributed by atoms with E-state index in [1.54, 1.807) is 18.2 Å². The molecule has 6 N–H and O–H groups in total. The molecule has 0 heterocycles. The van der Waals surface area contributed by atoms with E-state index >= 15 is 0 Å². The molecule has 1 unspecified atom stereocenters. The Labute approximate surface area is 142 Å². The van der Waals surface area contributed by atoms with Crippen molar-refractivity contribution in [1.29, 1.82) is 0 Å². The van der Waals surface area contributed by atoms with Gasteiger partial charge in [-0.1, -0.05) is 6.07 Å². The SMILES string of the molecule is [2H]C(Cc1ccc(OC)c(OC)c1)NC[C@H](O)[C@@H](O)[C@H](O)[C@H](O)CO. The monoisotopic (exact) mass is 346 g/mol. The molecule has 1 aromatic carbocycles. The van der Waals surface area contributed by atoms with E-state index in [-0.39, 0.29) is 6.54 Å². The average molecular weight is 346 g/mol. The zero-order valence-corrected chi connectivity index (χ0v) is 13.8. The van der Waals surface area contributed by atoms with Gasteiger partial charge in [-0.3, -0.25) is 0 Å². The van der Waals surface area contributed by atoms with E-state index in [1.165, 1.54) is 14.2 Å². The molecule has 1 rings (SSSR count). The Balaban J connectivity index is 2.53. The molecule has 0 spiro atoms. The number of hydrogen-bond donors (Lipinski definition) is 6. The molecule has 8 heteroatoms. The number of rotatable bonds is 11. The average Bonchev–Trinajstić information content (AvgIpc) is 2.63. The molecule has 0 fully saturated rings. The lowest BCUT2D eigenvalue weighted by Crippen LogP contribution is -2.49. The van der Waals surface area contributed by atoms with Gasteiger partial charge in [0.05, 0.1) is 26.9 Å². The predicted molar refractivity (Wildman–Crippen MR) is 87.2 cm³/mol. The van der Waals surface area contributed by atoms with Gasteiger partial charge in [0.1, 0.15) is 18.3 Å². The van der Waals surface area contributed by atoms with E-state index in [0.29, 0.717) is 17.9 Å². The van der Waals surface area contributed by atoms with E-state index in [4.69, 9.17) is 16.0 Å². The Morgan fingerprint density at radius 1 is 1.04 bits per heavy atom. The van der Waals surface area contributed by atoms with Gasteiger partial charge in [-0.05, 0) is 30.6 Å². The summed E-state index contributed by atoms with van der Waals surface area (Å²) in [6.07, 6.45) is -5.98. The molecule has 0 bridgehead atoms. The fraction of sp³-hybridized carbons (Fsp3) is 0.625. The van der Waals surface area contributed by atoms with E-state index in [1.807, 2.05) is 0 Å². The van der Waals surface area contributed by atoms with Crippen LogP contribution in [0.2, 0.25) is 0 Å². The zero-order chi connectivity index (χ0) is 19.0. The van der Waals surface area contributed by atoms with Gasteiger partial charge < -0.3 is 40.3 Å². The molecule has 1 aromatic rings. The molecule has 24 heavy (non-hydrogen) atoms. The lowest BCUT2D eigenvalue weighted by Gasteiger charge is -2.25. The lowest BCUT2D eigenvalue weighted by atomic mass is 10.0. The summed E-state index contributed by atoms with van der Waals surface area (Å²) in [5, 5.41) is 49.8. The van der Waals surface area contributed by atoms with Crippen LogP contribution in [-0.2, 0) is 6.42 Å². The van der Waals surface area contributed by atoms with Crippen LogP contribution in [0.5, 0.6) is 11.5 Å². The smallest absolute Gasteiger partial charge is 0.160 e. The Hall–Kier alpha value is -1.42. The van der Waals surface area contributed by atoms with Crippen LogP contribution in [0.4, 0.5) is 0 Å². The summed E-state index contributed by atoms with van der Waals surface area (Å²) in [5.74, 6) is 1.12. The highest BCUT2D eigenvalue weighted by molar-refractivity contribution is 5.42. The summed E-state index contributed by atoms with van der Waals surface area (Å²) in [5.41, 5.74) is 0.816. The van der Waals surface area contributed by atoms with Crippen LogP contribution in [0.3, 0.4) is 0 Å². The van der Waals surface area contributed by atoms with Crippen molar-refractivity contribution in [3.05, 3.63) is 23.8 Å². The molecule has 0 aliphatic rings. The third-order valence-corrected chi connectivity index (χ3v) is 3.58. The second-order valence-corrected chi connectivity index (χ2v) is 5.30. The molecule has 0 saturated heterocycles. The maximum Gasteiger partial charge on any atom is 0.160 e. The Morgan fingerprint density at radius 2 is 1.67 bits per heavy atom. The van der Waals surface area contributed by atoms with Gasteiger partial charge in [-0.25, -0.2) is 0 Å². The minimum Gasteiger partial charge on any atom is -0.493 e. The lowest BCUT2D eigenvalue weighted by molar-refractivity contribution is -0.113. The van der Waals surface area contributed by atoms with Crippen molar-refractivity contribution in [3.63, 3.8) is 0 Å². The Kier molecular flexibility index (Phi) is 8.23. The van der Waals surface area contributed by atoms with Crippen molar-refractivity contribution < 1.29 is 36.4 Å². The number of aryl methyl sites for hydroxylation is 1. The van der Waals surface area contributed by atoms with E-state index < -0.39 is 37.5 Å². The van der Waals surface area contributed by atoms with Gasteiger partial charge in [-0.2, -0.15) is 0 Å². The van der Waals surface area contributed by atoms with Gasteiger partial charge in [0.15, 0.2) is 11.5 Å². The van der Waals surface area contributed by atoms with Crippen LogP contribution < -0.4 is 14.8 Å². The van der Waals surface area contributed by atoms with Gasteiger partial charge in [0, 0.05) is 7.92 Å². The number of methoxy groups -OCH3 is 2. The zero-order valence-electron chi connectivity index (χ0n) is 14.8. The number of nitrogens with one attached hydrogen (secondary N) is 1. The van der Waals surface area contributed by atoms with E-state index in [9.17, 15) is 20.4 Å². The standard InChI is InChI=1S/C16H27NO7/c1-23-13-4-3-10(7-14(13)24-2)5-6-17-8-11(19)15(21)16(22)12(20)9-18/h3-4,7,11-12,15-22H,5-6,8-9H2,1-2H3/t11-,12+,15+,16+/m0/s1/i6D/t6?,11-,12+,15+,16+. The molecule has 138 valence electrons. The molecule has 0 aromatic heterocycles. The van der Waals surface area contributed by atoms with Crippen molar-refractivity contribution in [2.75, 3.05) is 33.9 Å². The number of aliphatic hydroxyl groups excluding tert-OH is 5. The van der Waals surface area contributed by atoms with Crippen LogP contribution in [0.1, 0.15) is 6.93 Å². The van der Waals surface area contributed by atoms with Crippen molar-refractivity contribution in [2.45, 2.75) is 30.8 Å². The molecular formula is C16H27NO7. The third-order valence-electron chi connectivity index (χ3n) is 3.58. The Morgan fingerprint density at radius 3 is 2.25 bits per heavy atom. The molecule has 0 aliphatic heterocycles. The molecule has 8 nitrogen and oxygen atoms in total. The molecule has 0 amide bonds. The van der Waals surface area contributed by atoms with Crippen molar-refractivity contribution >= 4 is 0 Å². The minimum atomic E-state index is -1.68. The summed E-state index contributed by atoms with van der Waals surface area (Å²) < 4.78 is 18.3. The van der Waals surface area contributed by atoms with E-state index in [2.05, 4.69) is 5.32 Å². The molecule has 0 saturated carbocycles. The first-order chi connectivity index (χ1) is 11.8. The molecule has 0 radical (unpaired) electrons. The maximum absolute atomic E-state index is 9.81. The van der Waals surface area contributed by atoms with Gasteiger partial charge >= 0.3 is 0 Å². The molecule has 5 atom stereocenters. The third kappa shape index (κ3) is 5.90. The quantitative estimate of drug-likeness (QED) is 0.279. The highest BCUT2D eigenvalue weighted by atomic mass is 16.5. The second kappa shape index (κ2) is 10.4. The van der Waals surface area contributed by atoms with Crippen molar-refractivity contribution in [3.8, 4) is 11.5 Å². The molecule has 0 aliphatic carbocycles. The summed E-state index contributed by atoms with van der Waals surface area (Å²) >= 11 is 0. The number of hydrogen-bond acceptors (Lipinski definition) is 8. The van der Waals surface area contributed by atoms with Crippen LogP contribution in [0, 0.1) is 0 Å². The van der Waals surface area contributed by atoms with Crippen LogP contribution in [-0.4, -0.2) is 83.8 Å². The van der Waals surface area contributed by atoms with Crippen molar-refractivity contribution in [2.24, 2.45) is 0 Å². The van der Waals surface area contributed by atoms with Crippen molar-refractivity contribution in [1.82, 2.24) is 5.32 Å². The van der Waals surface area contributed by atoms with Crippen LogP contribution in [0.25, 0.3) is 0 Å². The summed E-state index contributed by atoms with van der Waals surface area (Å²) in [6.45, 7) is -1.68. The first-order valence-corrected chi connectivity index (χ1v) is 7.53. The first-order valence-electron chi connectivity index (χ1n) is 8.11. The number of aliphatic hydroxyl groups is 5. The van der Waals surface area contributed by atoms with E-state index in [0.717, 1.165) is 5.56 Å². The fourth-order valence-corrected chi connectivity index (χ4v) is 2.09. The largest absolute Gasteiger partial charge is 0.493 e. The van der Waals surface area contributed by atoms with Gasteiger partial charge in [-0.15, -0.1) is 0 Å². The molecular weight excluding hydrogens is 318 g/mol. The number of ether oxygens (including phenoxy) is 2. The Bertz CT molecular complexity index is 519. The first kappa shape index (κ1) is 18.9. The topological polar surface area (TPSA) is 132 Å². The van der Waals surface area contributed by atoms with Crippen LogP contribution in [0.15, 0.2) is 18.2 Å². The second-order valence-electron chi connectivity index (χ2n) is 5.30. The van der Waals surface area contributed by atoms with Gasteiger partial charge in [0.25, 0.3) is 0 Å². The summed E-state index contributed by atoms with van der Waals surface area (Å²) in [7, 11) is 3.04. The highest BCUT2D eigenvalue weighted by Crippen LogP contribution is 2.27. The maximum atomic E-state index is 9.81. The normalized spacial score (nSPS) is 18.2. The number of benzene rings is 1. The minimum absolute atomic E-state index is 0.169. The van der Waals surface area contributed by atoms with Gasteiger partial charge in [0.2, 0.25) is 0 Å². The fourth-order valence-electron chi connectivity index (χ4n) is 2.09. The highest BCUT2D eigenvalue weighted by Gasteiger charge is 2.29. The van der Waals surface area contributed by atoms with Crippen LogP contribution >= 0.6 is 0 Å². The summed E-state index contributed by atoms with van der Waals surface area (Å²) in [4.78, 5) is 0.